The van der Waals surface area contributed by atoms with Gasteiger partial charge < -0.3 is 14.2 Å². The number of hydrogen-bond acceptors (Lipinski definition) is 6. The molecule has 0 aromatic carbocycles. The molecular formula is C24H34O6. The van der Waals surface area contributed by atoms with E-state index < -0.39 is 30.3 Å². The maximum Gasteiger partial charge on any atom is 0.334 e. The van der Waals surface area contributed by atoms with Crippen LogP contribution in [-0.4, -0.2) is 30.3 Å². The van der Waals surface area contributed by atoms with Crippen molar-refractivity contribution >= 4 is 17.9 Å². The van der Waals surface area contributed by atoms with Crippen LogP contribution in [0.1, 0.15) is 73.6 Å². The molecule has 1 saturated carbocycles. The van der Waals surface area contributed by atoms with Gasteiger partial charge in [-0.3, -0.25) is 9.59 Å². The number of cyclic esters (lactones) is 1. The molecule has 0 aromatic rings. The second kappa shape index (κ2) is 8.20. The molecule has 30 heavy (non-hydrogen) atoms. The fraction of sp³-hybridized carbons (Fsp3) is 0.708. The predicted octanol–water partition coefficient (Wildman–Crippen LogP) is 4.48. The van der Waals surface area contributed by atoms with E-state index in [1.54, 1.807) is 0 Å². The molecule has 6 heteroatoms. The number of allylic oxidation sites excluding steroid dienone is 2. The van der Waals surface area contributed by atoms with E-state index >= 15 is 0 Å². The molecule has 6 nitrogen and oxygen atoms in total. The Bertz CT molecular complexity index is 792. The summed E-state index contributed by atoms with van der Waals surface area (Å²) in [5.41, 5.74) is 2.00. The maximum atomic E-state index is 11.9. The highest BCUT2D eigenvalue weighted by Gasteiger charge is 2.53. The van der Waals surface area contributed by atoms with Gasteiger partial charge in [-0.05, 0) is 55.3 Å². The zero-order valence-electron chi connectivity index (χ0n) is 18.9. The zero-order valence-corrected chi connectivity index (χ0v) is 18.9. The SMILES string of the molecule is CC(=O)OC1OC(=O)C=C1[C@H](C[C@@H]1C(C)=CC[C@@H]2C(C)(C)CCC[C@@]12C)OC(C)=O. The quantitative estimate of drug-likeness (QED) is 0.484. The summed E-state index contributed by atoms with van der Waals surface area (Å²) in [7, 11) is 0. The number of rotatable bonds is 5. The highest BCUT2D eigenvalue weighted by Crippen LogP contribution is 2.60. The Kier molecular flexibility index (Phi) is 6.17. The zero-order chi connectivity index (χ0) is 22.3. The largest absolute Gasteiger partial charge is 0.458 e. The van der Waals surface area contributed by atoms with E-state index in [1.165, 1.54) is 38.3 Å². The van der Waals surface area contributed by atoms with Crippen molar-refractivity contribution in [2.75, 3.05) is 0 Å². The Hall–Kier alpha value is -2.11. The number of esters is 3. The van der Waals surface area contributed by atoms with E-state index in [0.717, 1.165) is 12.8 Å². The van der Waals surface area contributed by atoms with Gasteiger partial charge in [-0.1, -0.05) is 38.8 Å². The minimum Gasteiger partial charge on any atom is -0.458 e. The first-order valence-electron chi connectivity index (χ1n) is 10.9. The normalized spacial score (nSPS) is 33.5. The fourth-order valence-electron chi connectivity index (χ4n) is 6.16. The summed E-state index contributed by atoms with van der Waals surface area (Å²) >= 11 is 0. The van der Waals surface area contributed by atoms with Crippen LogP contribution in [0.2, 0.25) is 0 Å². The number of hydrogen-bond donors (Lipinski definition) is 0. The molecule has 1 aliphatic heterocycles. The van der Waals surface area contributed by atoms with E-state index in [4.69, 9.17) is 14.2 Å². The lowest BCUT2D eigenvalue weighted by molar-refractivity contribution is -0.174. The molecule has 2 aliphatic carbocycles. The smallest absolute Gasteiger partial charge is 0.334 e. The van der Waals surface area contributed by atoms with Crippen LogP contribution < -0.4 is 0 Å². The highest BCUT2D eigenvalue weighted by molar-refractivity contribution is 5.86. The first-order valence-corrected chi connectivity index (χ1v) is 10.9. The Morgan fingerprint density at radius 1 is 1.20 bits per heavy atom. The third kappa shape index (κ3) is 4.33. The lowest BCUT2D eigenvalue weighted by Crippen LogP contribution is -2.49. The lowest BCUT2D eigenvalue weighted by atomic mass is 9.48. The highest BCUT2D eigenvalue weighted by atomic mass is 16.7. The van der Waals surface area contributed by atoms with E-state index in [9.17, 15) is 14.4 Å². The van der Waals surface area contributed by atoms with Gasteiger partial charge in [0, 0.05) is 19.9 Å². The molecule has 0 radical (unpaired) electrons. The predicted molar refractivity (Wildman–Crippen MR) is 111 cm³/mol. The van der Waals surface area contributed by atoms with Crippen LogP contribution in [0.3, 0.4) is 0 Å². The third-order valence-corrected chi connectivity index (χ3v) is 7.48. The Labute approximate surface area is 179 Å². The molecule has 3 aliphatic rings. The van der Waals surface area contributed by atoms with E-state index in [1.807, 2.05) is 0 Å². The lowest BCUT2D eigenvalue weighted by Gasteiger charge is -2.57. The molecule has 3 rings (SSSR count). The topological polar surface area (TPSA) is 78.9 Å². The van der Waals surface area contributed by atoms with Gasteiger partial charge in [-0.25, -0.2) is 4.79 Å². The molecule has 0 spiro atoms. The third-order valence-electron chi connectivity index (χ3n) is 7.48. The standard InChI is InChI=1S/C24H34O6/c1-14-8-9-20-23(4,5)10-7-11-24(20,6)18(14)13-19(28-15(2)25)17-12-21(27)30-22(17)29-16(3)26/h8,12,18-20,22H,7,9-11,13H2,1-6H3/t18-,19+,20-,22?,24+/m1/s1. The Morgan fingerprint density at radius 2 is 1.90 bits per heavy atom. The number of fused-ring (bicyclic) bond motifs is 1. The monoisotopic (exact) mass is 418 g/mol. The second-order valence-corrected chi connectivity index (χ2v) is 9.99. The molecule has 0 aromatic heterocycles. The van der Waals surface area contributed by atoms with Crippen molar-refractivity contribution < 1.29 is 28.6 Å². The summed E-state index contributed by atoms with van der Waals surface area (Å²) < 4.78 is 16.0. The molecule has 0 N–H and O–H groups in total. The first kappa shape index (κ1) is 22.6. The van der Waals surface area contributed by atoms with Crippen molar-refractivity contribution in [2.45, 2.75) is 86.0 Å². The minimum atomic E-state index is -1.14. The van der Waals surface area contributed by atoms with Gasteiger partial charge in [0.2, 0.25) is 0 Å². The Morgan fingerprint density at radius 3 is 2.53 bits per heavy atom. The summed E-state index contributed by atoms with van der Waals surface area (Å²) in [4.78, 5) is 35.3. The maximum absolute atomic E-state index is 11.9. The number of carbonyl (C=O) groups is 3. The number of ether oxygens (including phenoxy) is 3. The van der Waals surface area contributed by atoms with Crippen LogP contribution in [0.5, 0.6) is 0 Å². The van der Waals surface area contributed by atoms with Crippen molar-refractivity contribution in [1.82, 2.24) is 0 Å². The van der Waals surface area contributed by atoms with Crippen molar-refractivity contribution in [3.05, 3.63) is 23.3 Å². The first-order chi connectivity index (χ1) is 13.9. The number of carbonyl (C=O) groups excluding carboxylic acids is 3. The van der Waals surface area contributed by atoms with E-state index in [0.29, 0.717) is 17.9 Å². The van der Waals surface area contributed by atoms with Gasteiger partial charge in [0.05, 0.1) is 5.57 Å². The average molecular weight is 419 g/mol. The van der Waals surface area contributed by atoms with Gasteiger partial charge in [0.25, 0.3) is 6.29 Å². The van der Waals surface area contributed by atoms with Crippen molar-refractivity contribution in [3.63, 3.8) is 0 Å². The molecule has 5 atom stereocenters. The van der Waals surface area contributed by atoms with Gasteiger partial charge in [-0.15, -0.1) is 0 Å². The van der Waals surface area contributed by atoms with Crippen LogP contribution in [0.15, 0.2) is 23.3 Å². The molecule has 0 bridgehead atoms. The van der Waals surface area contributed by atoms with Crippen LogP contribution >= 0.6 is 0 Å². The van der Waals surface area contributed by atoms with E-state index in [-0.39, 0.29) is 16.7 Å². The summed E-state index contributed by atoms with van der Waals surface area (Å²) in [6, 6.07) is 0. The summed E-state index contributed by atoms with van der Waals surface area (Å²) in [5, 5.41) is 0. The summed E-state index contributed by atoms with van der Waals surface area (Å²) in [6.07, 6.45) is 6.88. The van der Waals surface area contributed by atoms with E-state index in [2.05, 4.69) is 33.8 Å². The van der Waals surface area contributed by atoms with Crippen molar-refractivity contribution in [1.29, 1.82) is 0 Å². The Balaban J connectivity index is 1.94. The molecule has 1 fully saturated rings. The van der Waals surface area contributed by atoms with Crippen molar-refractivity contribution in [3.8, 4) is 0 Å². The van der Waals surface area contributed by atoms with Crippen LogP contribution in [0, 0.1) is 22.7 Å². The molecule has 0 saturated heterocycles. The van der Waals surface area contributed by atoms with Gasteiger partial charge in [-0.2, -0.15) is 0 Å². The minimum absolute atomic E-state index is 0.0694. The van der Waals surface area contributed by atoms with Crippen LogP contribution in [-0.2, 0) is 28.6 Å². The molecule has 1 unspecified atom stereocenters. The molecule has 1 heterocycles. The molecule has 0 amide bonds. The average Bonchev–Trinajstić information content (AvgIpc) is 2.95. The van der Waals surface area contributed by atoms with Crippen LogP contribution in [0.4, 0.5) is 0 Å². The molecular weight excluding hydrogens is 384 g/mol. The summed E-state index contributed by atoms with van der Waals surface area (Å²) in [6.45, 7) is 11.8. The van der Waals surface area contributed by atoms with Crippen molar-refractivity contribution in [2.24, 2.45) is 22.7 Å². The van der Waals surface area contributed by atoms with Gasteiger partial charge in [0.1, 0.15) is 6.10 Å². The van der Waals surface area contributed by atoms with Gasteiger partial charge in [0.15, 0.2) is 0 Å². The summed E-state index contributed by atoms with van der Waals surface area (Å²) in [5.74, 6) is -0.867. The fourth-order valence-corrected chi connectivity index (χ4v) is 6.16. The van der Waals surface area contributed by atoms with Gasteiger partial charge >= 0.3 is 17.9 Å². The van der Waals surface area contributed by atoms with Crippen LogP contribution in [0.25, 0.3) is 0 Å². The molecule has 166 valence electrons. The second-order valence-electron chi connectivity index (χ2n) is 9.99.